The van der Waals surface area contributed by atoms with Crippen LogP contribution in [0, 0.1) is 11.8 Å². The van der Waals surface area contributed by atoms with Gasteiger partial charge in [0.15, 0.2) is 0 Å². The number of sulfonamides is 1. The third-order valence-electron chi connectivity index (χ3n) is 6.32. The topological polar surface area (TPSA) is 69.7 Å². The predicted octanol–water partition coefficient (Wildman–Crippen LogP) is 2.38. The maximum atomic E-state index is 12.7. The summed E-state index contributed by atoms with van der Waals surface area (Å²) in [4.78, 5) is 14.8. The lowest BCUT2D eigenvalue weighted by Crippen LogP contribution is -2.56. The number of amides is 1. The highest BCUT2D eigenvalue weighted by molar-refractivity contribution is 7.91. The molecule has 1 aromatic rings. The van der Waals surface area contributed by atoms with Gasteiger partial charge in [-0.3, -0.25) is 9.69 Å². The van der Waals surface area contributed by atoms with E-state index < -0.39 is 10.0 Å². The Kier molecular flexibility index (Phi) is 6.61. The molecule has 1 amide bonds. The quantitative estimate of drug-likeness (QED) is 0.805. The molecule has 2 fully saturated rings. The molecule has 1 saturated heterocycles. The van der Waals surface area contributed by atoms with Gasteiger partial charge in [0.25, 0.3) is 10.0 Å². The zero-order chi connectivity index (χ0) is 19.6. The molecule has 0 bridgehead atoms. The molecule has 2 heterocycles. The fourth-order valence-corrected chi connectivity index (χ4v) is 6.69. The third-order valence-corrected chi connectivity index (χ3v) is 9.60. The SMILES string of the molecule is C[C@@H]1[C@@H](C)CCC[C@H]1NC(=O)[C@@H](C)N1CCN(S(=O)(=O)c2cccs2)CC1. The van der Waals surface area contributed by atoms with Crippen LogP contribution in [0.25, 0.3) is 0 Å². The minimum Gasteiger partial charge on any atom is -0.352 e. The lowest BCUT2D eigenvalue weighted by Gasteiger charge is -2.39. The van der Waals surface area contributed by atoms with Crippen LogP contribution in [-0.4, -0.2) is 61.8 Å². The van der Waals surface area contributed by atoms with E-state index in [1.165, 1.54) is 28.5 Å². The van der Waals surface area contributed by atoms with E-state index in [1.807, 2.05) is 6.92 Å². The molecular weight excluding hydrogens is 382 g/mol. The normalized spacial score (nSPS) is 29.4. The molecule has 4 atom stereocenters. The summed E-state index contributed by atoms with van der Waals surface area (Å²) in [5.74, 6) is 1.21. The van der Waals surface area contributed by atoms with Gasteiger partial charge in [-0.1, -0.05) is 32.8 Å². The molecule has 152 valence electrons. The standard InChI is InChI=1S/C19H31N3O3S2/c1-14-6-4-7-17(15(14)2)20-19(23)16(3)21-9-11-22(12-10-21)27(24,25)18-8-5-13-26-18/h5,8,13-17H,4,6-7,9-12H2,1-3H3,(H,20,23)/t14-,15+,16+,17+/m0/s1. The number of carbonyl (C=O) groups excluding carboxylic acids is 1. The van der Waals surface area contributed by atoms with Gasteiger partial charge in [-0.25, -0.2) is 8.42 Å². The van der Waals surface area contributed by atoms with Crippen LogP contribution in [-0.2, 0) is 14.8 Å². The van der Waals surface area contributed by atoms with Gasteiger partial charge in [0, 0.05) is 32.2 Å². The maximum Gasteiger partial charge on any atom is 0.252 e. The molecule has 8 heteroatoms. The maximum absolute atomic E-state index is 12.7. The van der Waals surface area contributed by atoms with Crippen molar-refractivity contribution < 1.29 is 13.2 Å². The van der Waals surface area contributed by atoms with Crippen molar-refractivity contribution in [2.24, 2.45) is 11.8 Å². The molecule has 0 radical (unpaired) electrons. The number of nitrogens with one attached hydrogen (secondary N) is 1. The molecule has 0 aromatic carbocycles. The number of carbonyl (C=O) groups is 1. The molecule has 1 N–H and O–H groups in total. The second-order valence-corrected chi connectivity index (χ2v) is 11.0. The summed E-state index contributed by atoms with van der Waals surface area (Å²) in [5.41, 5.74) is 0. The van der Waals surface area contributed by atoms with Gasteiger partial charge in [-0.05, 0) is 36.6 Å². The van der Waals surface area contributed by atoms with Crippen molar-refractivity contribution in [3.63, 3.8) is 0 Å². The van der Waals surface area contributed by atoms with E-state index in [2.05, 4.69) is 24.1 Å². The van der Waals surface area contributed by atoms with Gasteiger partial charge in [0.1, 0.15) is 4.21 Å². The number of nitrogens with zero attached hydrogens (tertiary/aromatic N) is 2. The number of hydrogen-bond acceptors (Lipinski definition) is 5. The van der Waals surface area contributed by atoms with E-state index in [1.54, 1.807) is 17.5 Å². The van der Waals surface area contributed by atoms with Crippen LogP contribution in [0.2, 0.25) is 0 Å². The minimum atomic E-state index is -3.40. The summed E-state index contributed by atoms with van der Waals surface area (Å²) >= 11 is 1.25. The van der Waals surface area contributed by atoms with Crippen LogP contribution in [0.3, 0.4) is 0 Å². The summed E-state index contributed by atoms with van der Waals surface area (Å²) in [5, 5.41) is 5.03. The Morgan fingerprint density at radius 2 is 1.93 bits per heavy atom. The molecule has 0 unspecified atom stereocenters. The molecule has 1 saturated carbocycles. The molecule has 6 nitrogen and oxygen atoms in total. The van der Waals surface area contributed by atoms with E-state index in [0.717, 1.165) is 6.42 Å². The third kappa shape index (κ3) is 4.55. The molecule has 1 aliphatic carbocycles. The summed E-state index contributed by atoms with van der Waals surface area (Å²) in [6.45, 7) is 8.43. The summed E-state index contributed by atoms with van der Waals surface area (Å²) in [6.07, 6.45) is 3.46. The monoisotopic (exact) mass is 413 g/mol. The first kappa shape index (κ1) is 20.8. The molecule has 0 spiro atoms. The Morgan fingerprint density at radius 3 is 2.56 bits per heavy atom. The fourth-order valence-electron chi connectivity index (χ4n) is 4.12. The van der Waals surface area contributed by atoms with Gasteiger partial charge < -0.3 is 5.32 Å². The van der Waals surface area contributed by atoms with Gasteiger partial charge in [0.2, 0.25) is 5.91 Å². The van der Waals surface area contributed by atoms with Crippen molar-refractivity contribution in [1.29, 1.82) is 0 Å². The lowest BCUT2D eigenvalue weighted by molar-refractivity contribution is -0.127. The zero-order valence-corrected chi connectivity index (χ0v) is 18.1. The lowest BCUT2D eigenvalue weighted by atomic mass is 9.78. The van der Waals surface area contributed by atoms with E-state index in [0.29, 0.717) is 42.2 Å². The van der Waals surface area contributed by atoms with Crippen molar-refractivity contribution in [3.05, 3.63) is 17.5 Å². The highest BCUT2D eigenvalue weighted by Gasteiger charge is 2.34. The fraction of sp³-hybridized carbons (Fsp3) is 0.737. The molecule has 27 heavy (non-hydrogen) atoms. The molecule has 3 rings (SSSR count). The number of hydrogen-bond donors (Lipinski definition) is 1. The molecule has 2 aliphatic rings. The van der Waals surface area contributed by atoms with Crippen LogP contribution in [0.15, 0.2) is 21.7 Å². The highest BCUT2D eigenvalue weighted by Crippen LogP contribution is 2.29. The summed E-state index contributed by atoms with van der Waals surface area (Å²) in [7, 11) is -3.40. The Morgan fingerprint density at radius 1 is 1.22 bits per heavy atom. The Labute approximate surface area is 167 Å². The molecule has 1 aromatic heterocycles. The minimum absolute atomic E-state index is 0.0653. The van der Waals surface area contributed by atoms with E-state index in [9.17, 15) is 13.2 Å². The second kappa shape index (κ2) is 8.59. The predicted molar refractivity (Wildman–Crippen MR) is 108 cm³/mol. The Hall–Kier alpha value is -0.960. The first-order valence-corrected chi connectivity index (χ1v) is 12.2. The number of piperazine rings is 1. The number of thiophene rings is 1. The Bertz CT molecular complexity index is 727. The van der Waals surface area contributed by atoms with E-state index in [4.69, 9.17) is 0 Å². The van der Waals surface area contributed by atoms with Crippen LogP contribution in [0.5, 0.6) is 0 Å². The molecule has 1 aliphatic heterocycles. The smallest absolute Gasteiger partial charge is 0.252 e. The van der Waals surface area contributed by atoms with Gasteiger partial charge in [-0.2, -0.15) is 4.31 Å². The van der Waals surface area contributed by atoms with Gasteiger partial charge >= 0.3 is 0 Å². The number of rotatable bonds is 5. The van der Waals surface area contributed by atoms with E-state index in [-0.39, 0.29) is 18.0 Å². The van der Waals surface area contributed by atoms with Crippen molar-refractivity contribution in [1.82, 2.24) is 14.5 Å². The average Bonchev–Trinajstić information content (AvgIpc) is 3.20. The van der Waals surface area contributed by atoms with Crippen LogP contribution in [0.1, 0.15) is 40.0 Å². The van der Waals surface area contributed by atoms with Crippen molar-refractivity contribution in [2.75, 3.05) is 26.2 Å². The van der Waals surface area contributed by atoms with Gasteiger partial charge in [0.05, 0.1) is 6.04 Å². The van der Waals surface area contributed by atoms with Crippen molar-refractivity contribution in [2.45, 2.75) is 56.3 Å². The van der Waals surface area contributed by atoms with Crippen molar-refractivity contribution >= 4 is 27.3 Å². The highest BCUT2D eigenvalue weighted by atomic mass is 32.2. The largest absolute Gasteiger partial charge is 0.352 e. The second-order valence-electron chi connectivity index (χ2n) is 7.93. The molecular formula is C19H31N3O3S2. The van der Waals surface area contributed by atoms with Crippen LogP contribution >= 0.6 is 11.3 Å². The van der Waals surface area contributed by atoms with Crippen molar-refractivity contribution in [3.8, 4) is 0 Å². The van der Waals surface area contributed by atoms with E-state index >= 15 is 0 Å². The summed E-state index contributed by atoms with van der Waals surface area (Å²) < 4.78 is 27.2. The first-order chi connectivity index (χ1) is 12.8. The van der Waals surface area contributed by atoms with Crippen LogP contribution in [0.4, 0.5) is 0 Å². The Balaban J connectivity index is 1.53. The van der Waals surface area contributed by atoms with Gasteiger partial charge in [-0.15, -0.1) is 11.3 Å². The zero-order valence-electron chi connectivity index (χ0n) is 16.4. The van der Waals surface area contributed by atoms with Crippen LogP contribution < -0.4 is 5.32 Å². The summed E-state index contributed by atoms with van der Waals surface area (Å²) in [6, 6.07) is 3.42. The first-order valence-electron chi connectivity index (χ1n) is 9.88. The average molecular weight is 414 g/mol.